The normalized spacial score (nSPS) is 17.7. The van der Waals surface area contributed by atoms with Gasteiger partial charge in [-0.2, -0.15) is 0 Å². The van der Waals surface area contributed by atoms with Crippen molar-refractivity contribution < 1.29 is 23.2 Å². The van der Waals surface area contributed by atoms with Crippen LogP contribution in [0.1, 0.15) is 50.3 Å². The first-order valence-electron chi connectivity index (χ1n) is 12.7. The number of benzene rings is 3. The number of halogens is 2. The molecule has 1 aliphatic heterocycles. The minimum absolute atomic E-state index is 0.0316. The molecule has 196 valence electrons. The summed E-state index contributed by atoms with van der Waals surface area (Å²) in [5.74, 6) is -0.403. The summed E-state index contributed by atoms with van der Waals surface area (Å²) in [5, 5.41) is 2.84. The minimum Gasteiger partial charge on any atom is -0.449 e. The Bertz CT molecular complexity index is 1320. The molecule has 0 bridgehead atoms. The van der Waals surface area contributed by atoms with Crippen molar-refractivity contribution in [2.75, 3.05) is 13.2 Å². The zero-order valence-electron chi connectivity index (χ0n) is 21.9. The van der Waals surface area contributed by atoms with Crippen LogP contribution in [0.2, 0.25) is 0 Å². The molecule has 0 saturated carbocycles. The van der Waals surface area contributed by atoms with Gasteiger partial charge in [0.2, 0.25) is 0 Å². The fourth-order valence-electron chi connectivity index (χ4n) is 4.89. The van der Waals surface area contributed by atoms with Gasteiger partial charge >= 0.3 is 13.2 Å². The maximum absolute atomic E-state index is 14.1. The summed E-state index contributed by atoms with van der Waals surface area (Å²) < 4.78 is 32.8. The van der Waals surface area contributed by atoms with Gasteiger partial charge in [0.25, 0.3) is 0 Å². The quantitative estimate of drug-likeness (QED) is 0.316. The molecule has 1 saturated heterocycles. The van der Waals surface area contributed by atoms with E-state index < -0.39 is 24.4 Å². The summed E-state index contributed by atoms with van der Waals surface area (Å²) in [7, 11) is -0.712. The van der Waals surface area contributed by atoms with E-state index in [1.165, 1.54) is 23.3 Å². The molecule has 0 atom stereocenters. The average molecular weight is 578 g/mol. The first-order chi connectivity index (χ1) is 18.0. The molecule has 1 fully saturated rings. The molecule has 0 unspecified atom stereocenters. The van der Waals surface area contributed by atoms with Crippen LogP contribution >= 0.6 is 15.9 Å². The number of ether oxygens (including phenoxy) is 1. The molecule has 1 heterocycles. The van der Waals surface area contributed by atoms with Crippen LogP contribution in [0, 0.1) is 5.82 Å². The van der Waals surface area contributed by atoms with Crippen molar-refractivity contribution in [1.29, 1.82) is 0 Å². The third-order valence-corrected chi connectivity index (χ3v) is 8.03. The Morgan fingerprint density at radius 1 is 1.00 bits per heavy atom. The second-order valence-electron chi connectivity index (χ2n) is 10.7. The van der Waals surface area contributed by atoms with E-state index >= 15 is 0 Å². The van der Waals surface area contributed by atoms with Crippen molar-refractivity contribution in [2.24, 2.45) is 0 Å². The molecule has 3 aromatic rings. The third-order valence-electron chi connectivity index (χ3n) is 7.57. The van der Waals surface area contributed by atoms with Crippen molar-refractivity contribution in [3.63, 3.8) is 0 Å². The summed E-state index contributed by atoms with van der Waals surface area (Å²) in [4.78, 5) is 12.8. The van der Waals surface area contributed by atoms with Gasteiger partial charge in [0.1, 0.15) is 12.4 Å². The monoisotopic (exact) mass is 577 g/mol. The number of alkyl carbamates (subject to hydrolysis) is 1. The highest BCUT2D eigenvalue weighted by Gasteiger charge is 2.52. The number of rotatable bonds is 6. The number of hydrogen-bond donors (Lipinski definition) is 1. The van der Waals surface area contributed by atoms with Gasteiger partial charge in [-0.3, -0.25) is 0 Å². The highest BCUT2D eigenvalue weighted by Crippen LogP contribution is 2.44. The fraction of sp³-hybridized carbons (Fsp3) is 0.300. The SMILES string of the molecule is CC1(C)OB(C(=Cc2cc(F)cc(Br)c2)CNC(=O)OCC2c3ccccc3-c3ccccc32)OC1(C)C. The summed E-state index contributed by atoms with van der Waals surface area (Å²) in [6, 6.07) is 21.0. The van der Waals surface area contributed by atoms with Crippen LogP contribution in [-0.2, 0) is 14.0 Å². The molecular weight excluding hydrogens is 548 g/mol. The van der Waals surface area contributed by atoms with Gasteiger partial charge in [-0.15, -0.1) is 0 Å². The van der Waals surface area contributed by atoms with E-state index in [0.717, 1.165) is 11.1 Å². The zero-order chi connectivity index (χ0) is 27.1. The van der Waals surface area contributed by atoms with Crippen LogP contribution < -0.4 is 5.32 Å². The third kappa shape index (κ3) is 5.30. The lowest BCUT2D eigenvalue weighted by Gasteiger charge is -2.32. The number of nitrogens with one attached hydrogen (secondary N) is 1. The Kier molecular flexibility index (Phi) is 7.24. The lowest BCUT2D eigenvalue weighted by atomic mass is 9.77. The summed E-state index contributed by atoms with van der Waals surface area (Å²) in [5.41, 5.74) is 4.78. The fourth-order valence-corrected chi connectivity index (χ4v) is 5.38. The Morgan fingerprint density at radius 3 is 2.16 bits per heavy atom. The number of hydrogen-bond acceptors (Lipinski definition) is 4. The Balaban J connectivity index is 1.31. The first kappa shape index (κ1) is 26.7. The smallest absolute Gasteiger partial charge is 0.449 e. The van der Waals surface area contributed by atoms with E-state index in [-0.39, 0.29) is 24.9 Å². The van der Waals surface area contributed by atoms with E-state index in [0.29, 0.717) is 15.5 Å². The maximum Gasteiger partial charge on any atom is 0.492 e. The summed E-state index contributed by atoms with van der Waals surface area (Å²) in [6.07, 6.45) is 1.23. The number of carbonyl (C=O) groups excluding carboxylic acids is 1. The van der Waals surface area contributed by atoms with Crippen molar-refractivity contribution >= 4 is 35.2 Å². The van der Waals surface area contributed by atoms with Gasteiger partial charge in [0.05, 0.1) is 11.2 Å². The van der Waals surface area contributed by atoms with Crippen LogP contribution in [0.4, 0.5) is 9.18 Å². The predicted octanol–water partition coefficient (Wildman–Crippen LogP) is 7.14. The molecule has 5 nitrogen and oxygen atoms in total. The molecule has 5 rings (SSSR count). The maximum atomic E-state index is 14.1. The second-order valence-corrected chi connectivity index (χ2v) is 11.6. The summed E-state index contributed by atoms with van der Waals surface area (Å²) >= 11 is 3.34. The molecule has 0 radical (unpaired) electrons. The molecule has 38 heavy (non-hydrogen) atoms. The topological polar surface area (TPSA) is 56.8 Å². The Morgan fingerprint density at radius 2 is 1.58 bits per heavy atom. The molecule has 0 spiro atoms. The molecule has 0 aromatic heterocycles. The van der Waals surface area contributed by atoms with E-state index in [2.05, 4.69) is 45.5 Å². The van der Waals surface area contributed by atoms with Crippen molar-refractivity contribution in [2.45, 2.75) is 44.8 Å². The van der Waals surface area contributed by atoms with Crippen LogP contribution in [0.3, 0.4) is 0 Å². The van der Waals surface area contributed by atoms with Gasteiger partial charge in [-0.05, 0) is 79.2 Å². The van der Waals surface area contributed by atoms with Gasteiger partial charge in [0.15, 0.2) is 0 Å². The predicted molar refractivity (Wildman–Crippen MR) is 151 cm³/mol. The van der Waals surface area contributed by atoms with Gasteiger partial charge in [-0.25, -0.2) is 9.18 Å². The highest BCUT2D eigenvalue weighted by atomic mass is 79.9. The van der Waals surface area contributed by atoms with E-state index in [1.807, 2.05) is 52.0 Å². The van der Waals surface area contributed by atoms with Crippen molar-refractivity contribution in [3.8, 4) is 11.1 Å². The molecule has 1 N–H and O–H groups in total. The lowest BCUT2D eigenvalue weighted by Crippen LogP contribution is -2.41. The molecule has 1 aliphatic carbocycles. The largest absolute Gasteiger partial charge is 0.492 e. The van der Waals surface area contributed by atoms with Crippen LogP contribution in [0.25, 0.3) is 17.2 Å². The van der Waals surface area contributed by atoms with Crippen LogP contribution in [-0.4, -0.2) is 37.6 Å². The second kappa shape index (κ2) is 10.3. The Hall–Kier alpha value is -2.94. The first-order valence-corrected chi connectivity index (χ1v) is 13.4. The Labute approximate surface area is 231 Å². The molecule has 3 aromatic carbocycles. The van der Waals surface area contributed by atoms with Crippen LogP contribution in [0.5, 0.6) is 0 Å². The van der Waals surface area contributed by atoms with Crippen LogP contribution in [0.15, 0.2) is 76.7 Å². The zero-order valence-corrected chi connectivity index (χ0v) is 23.5. The molecule has 1 amide bonds. The highest BCUT2D eigenvalue weighted by molar-refractivity contribution is 9.10. The lowest BCUT2D eigenvalue weighted by molar-refractivity contribution is 0.00578. The van der Waals surface area contributed by atoms with Gasteiger partial charge in [0, 0.05) is 16.9 Å². The standard InChI is InChI=1S/C30H30BBrFNO4/c1-29(2)30(3,4)38-31(37-29)20(13-19-14-21(32)16-22(33)15-19)17-34-28(35)36-18-27-25-11-7-5-9-23(25)24-10-6-8-12-26(24)27/h5-16,27H,17-18H2,1-4H3,(H,34,35). The van der Waals surface area contributed by atoms with Gasteiger partial charge < -0.3 is 19.4 Å². The van der Waals surface area contributed by atoms with Crippen molar-refractivity contribution in [3.05, 3.63) is 99.2 Å². The van der Waals surface area contributed by atoms with E-state index in [1.54, 1.807) is 12.1 Å². The van der Waals surface area contributed by atoms with E-state index in [4.69, 9.17) is 14.0 Å². The minimum atomic E-state index is -0.712. The summed E-state index contributed by atoms with van der Waals surface area (Å²) in [6.45, 7) is 8.17. The number of amides is 1. The van der Waals surface area contributed by atoms with E-state index in [9.17, 15) is 9.18 Å². The van der Waals surface area contributed by atoms with Crippen molar-refractivity contribution in [1.82, 2.24) is 5.32 Å². The number of fused-ring (bicyclic) bond motifs is 3. The average Bonchev–Trinajstić information content (AvgIpc) is 3.29. The molecular formula is C30H30BBrFNO4. The molecule has 8 heteroatoms. The number of carbonyl (C=O) groups is 1. The molecule has 2 aliphatic rings. The van der Waals surface area contributed by atoms with Gasteiger partial charge in [-0.1, -0.05) is 70.5 Å².